The highest BCUT2D eigenvalue weighted by atomic mass is 15.2. The van der Waals surface area contributed by atoms with Crippen molar-refractivity contribution < 1.29 is 0 Å². The van der Waals surface area contributed by atoms with Gasteiger partial charge in [0.15, 0.2) is 0 Å². The Morgan fingerprint density at radius 3 is 2.44 bits per heavy atom. The highest BCUT2D eigenvalue weighted by Gasteiger charge is 2.02. The topological polar surface area (TPSA) is 28.2 Å². The molecule has 0 aliphatic heterocycles. The Morgan fingerprint density at radius 1 is 1.19 bits per heavy atom. The molecule has 0 saturated carbocycles. The average Bonchev–Trinajstić information content (AvgIpc) is 2.33. The molecule has 1 aromatic heterocycles. The fraction of sp³-hybridized carbons (Fsp3) is 0.615. The lowest BCUT2D eigenvalue weighted by Crippen LogP contribution is -2.23. The number of hydrogen-bond donors (Lipinski definition) is 1. The molecule has 0 atom stereocenters. The summed E-state index contributed by atoms with van der Waals surface area (Å²) in [6, 6.07) is 4.26. The maximum atomic E-state index is 4.49. The van der Waals surface area contributed by atoms with E-state index in [1.807, 2.05) is 6.20 Å². The molecule has 0 bridgehead atoms. The van der Waals surface area contributed by atoms with Crippen molar-refractivity contribution in [2.24, 2.45) is 0 Å². The van der Waals surface area contributed by atoms with Gasteiger partial charge in [-0.1, -0.05) is 13.0 Å². The van der Waals surface area contributed by atoms with Crippen LogP contribution in [0.25, 0.3) is 0 Å². The molecular formula is C13H23N3. The van der Waals surface area contributed by atoms with Gasteiger partial charge >= 0.3 is 0 Å². The molecule has 0 amide bonds. The molecule has 1 N–H and O–H groups in total. The van der Waals surface area contributed by atoms with Crippen LogP contribution in [-0.2, 0) is 6.54 Å². The van der Waals surface area contributed by atoms with Gasteiger partial charge < -0.3 is 10.2 Å². The number of anilines is 1. The van der Waals surface area contributed by atoms with Crippen LogP contribution >= 0.6 is 0 Å². The summed E-state index contributed by atoms with van der Waals surface area (Å²) in [5, 5.41) is 3.37. The van der Waals surface area contributed by atoms with E-state index < -0.39 is 0 Å². The van der Waals surface area contributed by atoms with Crippen LogP contribution in [-0.4, -0.2) is 24.6 Å². The summed E-state index contributed by atoms with van der Waals surface area (Å²) in [7, 11) is 0. The van der Waals surface area contributed by atoms with Crippen LogP contribution in [0.2, 0.25) is 0 Å². The van der Waals surface area contributed by atoms with Crippen LogP contribution < -0.4 is 10.2 Å². The monoisotopic (exact) mass is 221 g/mol. The van der Waals surface area contributed by atoms with Crippen molar-refractivity contribution in [2.75, 3.05) is 24.5 Å². The third kappa shape index (κ3) is 3.81. The minimum atomic E-state index is 0.916. The highest BCUT2D eigenvalue weighted by molar-refractivity contribution is 5.38. The first-order valence-electron chi connectivity index (χ1n) is 6.22. The third-order valence-electron chi connectivity index (χ3n) is 2.65. The number of rotatable bonds is 7. The van der Waals surface area contributed by atoms with Crippen molar-refractivity contribution in [3.05, 3.63) is 23.9 Å². The van der Waals surface area contributed by atoms with E-state index in [4.69, 9.17) is 0 Å². The number of aromatic nitrogens is 1. The zero-order chi connectivity index (χ0) is 11.8. The lowest BCUT2D eigenvalue weighted by Gasteiger charge is -2.19. The third-order valence-corrected chi connectivity index (χ3v) is 2.65. The minimum Gasteiger partial charge on any atom is -0.357 e. The van der Waals surface area contributed by atoms with E-state index in [1.165, 1.54) is 12.0 Å². The molecule has 0 unspecified atom stereocenters. The molecule has 1 aromatic rings. The summed E-state index contributed by atoms with van der Waals surface area (Å²) in [6.45, 7) is 10.5. The summed E-state index contributed by atoms with van der Waals surface area (Å²) in [6.07, 6.45) is 3.14. The van der Waals surface area contributed by atoms with E-state index in [1.54, 1.807) is 0 Å². The van der Waals surface area contributed by atoms with Crippen LogP contribution in [0.15, 0.2) is 18.3 Å². The first kappa shape index (κ1) is 13.0. The second kappa shape index (κ2) is 7.23. The van der Waals surface area contributed by atoms with Gasteiger partial charge in [-0.15, -0.1) is 0 Å². The van der Waals surface area contributed by atoms with Gasteiger partial charge in [0, 0.05) is 25.8 Å². The summed E-state index contributed by atoms with van der Waals surface area (Å²) < 4.78 is 0. The van der Waals surface area contributed by atoms with Gasteiger partial charge in [0.2, 0.25) is 0 Å². The second-order valence-corrected chi connectivity index (χ2v) is 3.87. The van der Waals surface area contributed by atoms with Gasteiger partial charge in [0.25, 0.3) is 0 Å². The maximum Gasteiger partial charge on any atom is 0.128 e. The fourth-order valence-electron chi connectivity index (χ4n) is 1.67. The van der Waals surface area contributed by atoms with Gasteiger partial charge in [-0.3, -0.25) is 0 Å². The van der Waals surface area contributed by atoms with Crippen molar-refractivity contribution in [1.82, 2.24) is 10.3 Å². The molecule has 0 spiro atoms. The largest absolute Gasteiger partial charge is 0.357 e. The number of pyridine rings is 1. The highest BCUT2D eigenvalue weighted by Crippen LogP contribution is 2.10. The Hall–Kier alpha value is -1.09. The first-order chi connectivity index (χ1) is 7.81. The van der Waals surface area contributed by atoms with E-state index in [0.29, 0.717) is 0 Å². The predicted octanol–water partition coefficient (Wildman–Crippen LogP) is 2.43. The molecule has 0 saturated heterocycles. The van der Waals surface area contributed by atoms with E-state index in [9.17, 15) is 0 Å². The van der Waals surface area contributed by atoms with Gasteiger partial charge in [0.1, 0.15) is 5.82 Å². The zero-order valence-electron chi connectivity index (χ0n) is 10.7. The van der Waals surface area contributed by atoms with E-state index in [0.717, 1.165) is 32.0 Å². The van der Waals surface area contributed by atoms with Gasteiger partial charge in [-0.2, -0.15) is 0 Å². The molecule has 0 aromatic carbocycles. The van der Waals surface area contributed by atoms with Crippen molar-refractivity contribution >= 4 is 5.82 Å². The van der Waals surface area contributed by atoms with E-state index >= 15 is 0 Å². The minimum absolute atomic E-state index is 0.916. The Kier molecular flexibility index (Phi) is 5.86. The summed E-state index contributed by atoms with van der Waals surface area (Å²) in [4.78, 5) is 6.74. The number of hydrogen-bond acceptors (Lipinski definition) is 3. The summed E-state index contributed by atoms with van der Waals surface area (Å²) in [5.41, 5.74) is 1.25. The molecule has 1 heterocycles. The van der Waals surface area contributed by atoms with Crippen molar-refractivity contribution in [1.29, 1.82) is 0 Å². The van der Waals surface area contributed by atoms with E-state index in [2.05, 4.69) is 48.1 Å². The maximum absolute atomic E-state index is 4.49. The Balaban J connectivity index is 2.53. The van der Waals surface area contributed by atoms with Crippen molar-refractivity contribution in [3.63, 3.8) is 0 Å². The van der Waals surface area contributed by atoms with Gasteiger partial charge in [0.05, 0.1) is 0 Å². The Labute approximate surface area is 98.9 Å². The first-order valence-corrected chi connectivity index (χ1v) is 6.22. The standard InChI is InChI=1S/C13H23N3/c1-4-9-14-10-12-7-8-13(15-11-12)16(5-2)6-3/h7-8,11,14H,4-6,9-10H2,1-3H3. The Morgan fingerprint density at radius 2 is 1.94 bits per heavy atom. The average molecular weight is 221 g/mol. The van der Waals surface area contributed by atoms with Crippen LogP contribution in [0, 0.1) is 0 Å². The van der Waals surface area contributed by atoms with Crippen LogP contribution in [0.4, 0.5) is 5.82 Å². The predicted molar refractivity (Wildman–Crippen MR) is 69.8 cm³/mol. The molecule has 3 heteroatoms. The van der Waals surface area contributed by atoms with Crippen LogP contribution in [0.1, 0.15) is 32.8 Å². The molecule has 16 heavy (non-hydrogen) atoms. The molecule has 0 radical (unpaired) electrons. The molecule has 1 rings (SSSR count). The smallest absolute Gasteiger partial charge is 0.128 e. The normalized spacial score (nSPS) is 10.4. The van der Waals surface area contributed by atoms with Crippen molar-refractivity contribution in [2.45, 2.75) is 33.7 Å². The molecular weight excluding hydrogens is 198 g/mol. The van der Waals surface area contributed by atoms with E-state index in [-0.39, 0.29) is 0 Å². The molecule has 3 nitrogen and oxygen atoms in total. The molecule has 90 valence electrons. The summed E-state index contributed by atoms with van der Waals surface area (Å²) >= 11 is 0. The molecule has 0 fully saturated rings. The van der Waals surface area contributed by atoms with Crippen molar-refractivity contribution in [3.8, 4) is 0 Å². The second-order valence-electron chi connectivity index (χ2n) is 3.87. The van der Waals surface area contributed by atoms with Crippen LogP contribution in [0.3, 0.4) is 0 Å². The molecule has 0 aliphatic rings. The summed E-state index contributed by atoms with van der Waals surface area (Å²) in [5.74, 6) is 1.07. The number of nitrogens with one attached hydrogen (secondary N) is 1. The van der Waals surface area contributed by atoms with Gasteiger partial charge in [-0.25, -0.2) is 4.98 Å². The Bertz CT molecular complexity index is 278. The lowest BCUT2D eigenvalue weighted by molar-refractivity contribution is 0.673. The fourth-order valence-corrected chi connectivity index (χ4v) is 1.67. The quantitative estimate of drug-likeness (QED) is 0.717. The van der Waals surface area contributed by atoms with Gasteiger partial charge in [-0.05, 0) is 38.4 Å². The lowest BCUT2D eigenvalue weighted by atomic mass is 10.2. The zero-order valence-corrected chi connectivity index (χ0v) is 10.7. The van der Waals surface area contributed by atoms with Crippen LogP contribution in [0.5, 0.6) is 0 Å². The number of nitrogens with zero attached hydrogens (tertiary/aromatic N) is 2. The molecule has 0 aliphatic carbocycles. The SMILES string of the molecule is CCCNCc1ccc(N(CC)CC)nc1.